The number of amides is 1. The van der Waals surface area contributed by atoms with Gasteiger partial charge in [-0.2, -0.15) is 0 Å². The van der Waals surface area contributed by atoms with Gasteiger partial charge in [-0.15, -0.1) is 11.3 Å². The molecule has 0 aliphatic carbocycles. The van der Waals surface area contributed by atoms with Crippen molar-refractivity contribution in [1.82, 2.24) is 5.32 Å². The highest BCUT2D eigenvalue weighted by Gasteiger charge is 2.14. The van der Waals surface area contributed by atoms with E-state index in [1.807, 2.05) is 49.6 Å². The average Bonchev–Trinajstić information content (AvgIpc) is 3.08. The van der Waals surface area contributed by atoms with Gasteiger partial charge in [0.2, 0.25) is 5.91 Å². The molecule has 108 valence electrons. The third-order valence-corrected chi connectivity index (χ3v) is 4.56. The van der Waals surface area contributed by atoms with Crippen molar-refractivity contribution in [2.45, 2.75) is 26.3 Å². The molecule has 0 spiro atoms. The fourth-order valence-electron chi connectivity index (χ4n) is 2.40. The van der Waals surface area contributed by atoms with Crippen LogP contribution >= 0.6 is 11.3 Å². The maximum Gasteiger partial charge on any atom is 0.225 e. The summed E-state index contributed by atoms with van der Waals surface area (Å²) in [7, 11) is 0. The second-order valence-electron chi connectivity index (χ2n) is 5.24. The van der Waals surface area contributed by atoms with E-state index in [9.17, 15) is 4.79 Å². The molecule has 0 fully saturated rings. The Bertz CT molecular complexity index is 758. The van der Waals surface area contributed by atoms with Crippen LogP contribution in [0.3, 0.4) is 0 Å². The molecular formula is C17H17NO2S. The van der Waals surface area contributed by atoms with Gasteiger partial charge in [0, 0.05) is 15.8 Å². The van der Waals surface area contributed by atoms with Crippen LogP contribution < -0.4 is 5.32 Å². The summed E-state index contributed by atoms with van der Waals surface area (Å²) in [6.45, 7) is 4.03. The van der Waals surface area contributed by atoms with Gasteiger partial charge in [0.15, 0.2) is 0 Å². The van der Waals surface area contributed by atoms with Crippen molar-refractivity contribution in [1.29, 1.82) is 0 Å². The van der Waals surface area contributed by atoms with Crippen molar-refractivity contribution in [2.75, 3.05) is 0 Å². The number of benzene rings is 1. The molecule has 3 aromatic rings. The summed E-state index contributed by atoms with van der Waals surface area (Å²) in [5, 5.41) is 6.06. The van der Waals surface area contributed by atoms with Crippen molar-refractivity contribution >= 4 is 28.2 Å². The molecule has 1 amide bonds. The number of rotatable bonds is 4. The molecule has 0 saturated heterocycles. The number of aryl methyl sites for hydroxylation is 1. The largest absolute Gasteiger partial charge is 0.464 e. The van der Waals surface area contributed by atoms with Gasteiger partial charge in [0.05, 0.1) is 18.7 Å². The monoisotopic (exact) mass is 299 g/mol. The molecule has 0 unspecified atom stereocenters. The fraction of sp³-hybridized carbons (Fsp3) is 0.235. The third kappa shape index (κ3) is 3.00. The van der Waals surface area contributed by atoms with Gasteiger partial charge in [0.1, 0.15) is 5.58 Å². The van der Waals surface area contributed by atoms with Crippen molar-refractivity contribution < 1.29 is 9.21 Å². The van der Waals surface area contributed by atoms with E-state index in [0.29, 0.717) is 6.42 Å². The Morgan fingerprint density at radius 2 is 2.24 bits per heavy atom. The number of fused-ring (bicyclic) bond motifs is 1. The molecule has 3 nitrogen and oxygen atoms in total. The first kappa shape index (κ1) is 13.9. The Morgan fingerprint density at radius 1 is 1.38 bits per heavy atom. The van der Waals surface area contributed by atoms with Gasteiger partial charge in [0.25, 0.3) is 0 Å². The molecule has 0 bridgehead atoms. The summed E-state index contributed by atoms with van der Waals surface area (Å²) < 4.78 is 5.53. The molecule has 2 heterocycles. The van der Waals surface area contributed by atoms with Crippen LogP contribution in [-0.2, 0) is 11.2 Å². The second-order valence-corrected chi connectivity index (χ2v) is 6.22. The zero-order valence-electron chi connectivity index (χ0n) is 12.1. The molecule has 1 atom stereocenters. The first-order chi connectivity index (χ1) is 10.1. The molecule has 0 aliphatic rings. The molecule has 0 aliphatic heterocycles. The standard InChI is InChI=1S/C17H17NO2S/c1-11-5-6-14-13(10-20-15(14)8-11)9-17(19)18-12(2)16-4-3-7-21-16/h3-8,10,12H,9H2,1-2H3,(H,18,19)/t12-/m0/s1. The Balaban J connectivity index is 1.71. The van der Waals surface area contributed by atoms with E-state index in [4.69, 9.17) is 4.42 Å². The zero-order chi connectivity index (χ0) is 14.8. The lowest BCUT2D eigenvalue weighted by molar-refractivity contribution is -0.121. The number of hydrogen-bond donors (Lipinski definition) is 1. The minimum absolute atomic E-state index is 0.0131. The molecule has 21 heavy (non-hydrogen) atoms. The summed E-state index contributed by atoms with van der Waals surface area (Å²) in [6, 6.07) is 10.1. The first-order valence-electron chi connectivity index (χ1n) is 6.93. The number of carbonyl (C=O) groups excluding carboxylic acids is 1. The highest BCUT2D eigenvalue weighted by molar-refractivity contribution is 7.10. The predicted octanol–water partition coefficient (Wildman–Crippen LogP) is 4.22. The van der Waals surface area contributed by atoms with Crippen molar-refractivity contribution in [3.8, 4) is 0 Å². The molecule has 2 aromatic heterocycles. The van der Waals surface area contributed by atoms with Crippen LogP contribution in [0.2, 0.25) is 0 Å². The van der Waals surface area contributed by atoms with Crippen LogP contribution in [0.25, 0.3) is 11.0 Å². The van der Waals surface area contributed by atoms with E-state index in [2.05, 4.69) is 5.32 Å². The summed E-state index contributed by atoms with van der Waals surface area (Å²) in [5.74, 6) is 0.0131. The van der Waals surface area contributed by atoms with Crippen LogP contribution in [0.1, 0.15) is 29.0 Å². The van der Waals surface area contributed by atoms with E-state index >= 15 is 0 Å². The van der Waals surface area contributed by atoms with Crippen molar-refractivity contribution in [3.63, 3.8) is 0 Å². The Kier molecular flexibility index (Phi) is 3.80. The van der Waals surface area contributed by atoms with E-state index in [1.54, 1.807) is 17.6 Å². The van der Waals surface area contributed by atoms with Crippen molar-refractivity contribution in [2.24, 2.45) is 0 Å². The van der Waals surface area contributed by atoms with Gasteiger partial charge in [-0.3, -0.25) is 4.79 Å². The molecule has 1 aromatic carbocycles. The lowest BCUT2D eigenvalue weighted by Gasteiger charge is -2.11. The average molecular weight is 299 g/mol. The lowest BCUT2D eigenvalue weighted by Crippen LogP contribution is -2.27. The molecule has 0 radical (unpaired) electrons. The Hall–Kier alpha value is -2.07. The number of carbonyl (C=O) groups is 1. The smallest absolute Gasteiger partial charge is 0.225 e. The topological polar surface area (TPSA) is 42.2 Å². The predicted molar refractivity (Wildman–Crippen MR) is 85.5 cm³/mol. The Morgan fingerprint density at radius 3 is 3.00 bits per heavy atom. The van der Waals surface area contributed by atoms with Gasteiger partial charge in [-0.05, 0) is 36.9 Å². The van der Waals surface area contributed by atoms with Crippen LogP contribution in [0.15, 0.2) is 46.4 Å². The molecule has 3 rings (SSSR count). The number of hydrogen-bond acceptors (Lipinski definition) is 3. The zero-order valence-corrected chi connectivity index (χ0v) is 12.9. The van der Waals surface area contributed by atoms with Crippen LogP contribution in [0, 0.1) is 6.92 Å². The van der Waals surface area contributed by atoms with Gasteiger partial charge < -0.3 is 9.73 Å². The van der Waals surface area contributed by atoms with Crippen LogP contribution in [0.4, 0.5) is 0 Å². The quantitative estimate of drug-likeness (QED) is 0.783. The maximum absolute atomic E-state index is 12.2. The number of nitrogens with one attached hydrogen (secondary N) is 1. The molecule has 4 heteroatoms. The summed E-state index contributed by atoms with van der Waals surface area (Å²) in [5.41, 5.74) is 2.92. The Labute approximate surface area is 127 Å². The van der Waals surface area contributed by atoms with Crippen molar-refractivity contribution in [3.05, 3.63) is 58.0 Å². The van der Waals surface area contributed by atoms with E-state index in [1.165, 1.54) is 0 Å². The van der Waals surface area contributed by atoms with Gasteiger partial charge >= 0.3 is 0 Å². The molecule has 0 saturated carbocycles. The van der Waals surface area contributed by atoms with E-state index in [-0.39, 0.29) is 11.9 Å². The van der Waals surface area contributed by atoms with Crippen LogP contribution in [-0.4, -0.2) is 5.91 Å². The summed E-state index contributed by atoms with van der Waals surface area (Å²) >= 11 is 1.65. The summed E-state index contributed by atoms with van der Waals surface area (Å²) in [6.07, 6.45) is 2.02. The lowest BCUT2D eigenvalue weighted by atomic mass is 10.1. The van der Waals surface area contributed by atoms with Crippen LogP contribution in [0.5, 0.6) is 0 Å². The normalized spacial score (nSPS) is 12.5. The fourth-order valence-corrected chi connectivity index (χ4v) is 3.14. The first-order valence-corrected chi connectivity index (χ1v) is 7.81. The number of thiophene rings is 1. The second kappa shape index (κ2) is 5.74. The van der Waals surface area contributed by atoms with Gasteiger partial charge in [-0.25, -0.2) is 0 Å². The van der Waals surface area contributed by atoms with E-state index in [0.717, 1.165) is 27.0 Å². The third-order valence-electron chi connectivity index (χ3n) is 3.51. The minimum Gasteiger partial charge on any atom is -0.464 e. The summed E-state index contributed by atoms with van der Waals surface area (Å²) in [4.78, 5) is 13.3. The number of furan rings is 1. The molecular weight excluding hydrogens is 282 g/mol. The SMILES string of the molecule is Cc1ccc2c(CC(=O)N[C@@H](C)c3cccs3)coc2c1. The van der Waals surface area contributed by atoms with E-state index < -0.39 is 0 Å². The van der Waals surface area contributed by atoms with Gasteiger partial charge in [-0.1, -0.05) is 18.2 Å². The highest BCUT2D eigenvalue weighted by atomic mass is 32.1. The maximum atomic E-state index is 12.2. The molecule has 1 N–H and O–H groups in total. The highest BCUT2D eigenvalue weighted by Crippen LogP contribution is 2.23. The minimum atomic E-state index is 0.0131.